The number of carbonyl (C=O) groups excluding carboxylic acids is 1. The average molecular weight is 462 g/mol. The van der Waals surface area contributed by atoms with E-state index in [4.69, 9.17) is 4.74 Å². The smallest absolute Gasteiger partial charge is 0.229 e. The Hall–Kier alpha value is -1.39. The molecule has 2 aliphatic carbocycles. The molecule has 7 nitrogen and oxygen atoms in total. The van der Waals surface area contributed by atoms with Crippen molar-refractivity contribution in [3.05, 3.63) is 0 Å². The molecule has 0 aromatic carbocycles. The number of aliphatic imine (C=N–C) groups is 1. The van der Waals surface area contributed by atoms with E-state index in [0.29, 0.717) is 37.7 Å². The van der Waals surface area contributed by atoms with Crippen molar-refractivity contribution < 1.29 is 22.7 Å². The van der Waals surface area contributed by atoms with Gasteiger partial charge in [-0.3, -0.25) is 15.5 Å². The highest BCUT2D eigenvalue weighted by molar-refractivity contribution is 5.98. The molecule has 1 saturated heterocycles. The van der Waals surface area contributed by atoms with Crippen LogP contribution in [-0.4, -0.2) is 62.3 Å². The summed E-state index contributed by atoms with van der Waals surface area (Å²) in [5.74, 6) is -0.217. The second-order valence-electron chi connectivity index (χ2n) is 9.37. The van der Waals surface area contributed by atoms with Crippen LogP contribution in [0.2, 0.25) is 0 Å². The van der Waals surface area contributed by atoms with Gasteiger partial charge in [0.05, 0.1) is 12.6 Å². The van der Waals surface area contributed by atoms with E-state index in [1.807, 2.05) is 6.92 Å². The molecule has 3 rings (SSSR count). The number of hydrogen-bond acceptors (Lipinski definition) is 5. The maximum atomic E-state index is 13.8. The molecule has 3 aliphatic rings. The first-order valence-electron chi connectivity index (χ1n) is 12.0. The van der Waals surface area contributed by atoms with E-state index in [-0.39, 0.29) is 37.0 Å². The maximum Gasteiger partial charge on any atom is 0.229 e. The van der Waals surface area contributed by atoms with E-state index in [2.05, 4.69) is 26.5 Å². The fourth-order valence-electron chi connectivity index (χ4n) is 4.89. The van der Waals surface area contributed by atoms with Crippen LogP contribution in [0.15, 0.2) is 4.99 Å². The zero-order valence-electron chi connectivity index (χ0n) is 19.1. The topological polar surface area (TPSA) is 86.8 Å². The molecular formula is C22H38F3N5O2. The standard InChI is InChI=1S/C22H38F3N5O2/c1-3-16(12-32-2)26-22(28-21(31)14-6-9-17(24)18(25)10-14)27-20-11-19(29-30-20)13-4-7-15(23)8-5-13/h13-20,29-30H,3-12H2,1-2H3,(H2,26,27,28,31). The molecule has 0 radical (unpaired) electrons. The highest BCUT2D eigenvalue weighted by atomic mass is 19.2. The molecular weight excluding hydrogens is 423 g/mol. The molecule has 4 N–H and O–H groups in total. The van der Waals surface area contributed by atoms with Crippen LogP contribution in [0.1, 0.15) is 64.7 Å². The molecule has 0 spiro atoms. The van der Waals surface area contributed by atoms with E-state index in [1.54, 1.807) is 7.11 Å². The zero-order valence-corrected chi connectivity index (χ0v) is 19.1. The molecule has 2 saturated carbocycles. The lowest BCUT2D eigenvalue weighted by molar-refractivity contribution is -0.125. The largest absolute Gasteiger partial charge is 0.383 e. The summed E-state index contributed by atoms with van der Waals surface area (Å²) in [7, 11) is 1.61. The van der Waals surface area contributed by atoms with Crippen molar-refractivity contribution in [1.82, 2.24) is 21.5 Å². The first-order chi connectivity index (χ1) is 15.4. The van der Waals surface area contributed by atoms with E-state index in [0.717, 1.165) is 25.7 Å². The van der Waals surface area contributed by atoms with Crippen molar-refractivity contribution in [3.8, 4) is 0 Å². The van der Waals surface area contributed by atoms with Gasteiger partial charge >= 0.3 is 0 Å². The molecule has 1 amide bonds. The molecule has 0 bridgehead atoms. The minimum atomic E-state index is -1.61. The van der Waals surface area contributed by atoms with Gasteiger partial charge in [-0.15, -0.1) is 0 Å². The van der Waals surface area contributed by atoms with Gasteiger partial charge < -0.3 is 10.1 Å². The van der Waals surface area contributed by atoms with Gasteiger partial charge in [-0.1, -0.05) is 6.92 Å². The van der Waals surface area contributed by atoms with Crippen LogP contribution in [0.3, 0.4) is 0 Å². The third-order valence-electron chi connectivity index (χ3n) is 6.97. The average Bonchev–Trinajstić information content (AvgIpc) is 3.24. The molecule has 1 heterocycles. The summed E-state index contributed by atoms with van der Waals surface area (Å²) >= 11 is 0. The molecule has 184 valence electrons. The molecule has 6 unspecified atom stereocenters. The summed E-state index contributed by atoms with van der Waals surface area (Å²) in [6.45, 7) is 2.44. The number of ether oxygens (including phenoxy) is 1. The number of hydrazine groups is 1. The third kappa shape index (κ3) is 7.05. The minimum absolute atomic E-state index is 0.0529. The van der Waals surface area contributed by atoms with Gasteiger partial charge in [0.25, 0.3) is 0 Å². The van der Waals surface area contributed by atoms with Gasteiger partial charge in [0.1, 0.15) is 24.7 Å². The zero-order chi connectivity index (χ0) is 23.1. The van der Waals surface area contributed by atoms with E-state index >= 15 is 0 Å². The number of guanidine groups is 1. The monoisotopic (exact) mass is 461 g/mol. The van der Waals surface area contributed by atoms with Crippen LogP contribution >= 0.6 is 0 Å². The van der Waals surface area contributed by atoms with Crippen molar-refractivity contribution in [2.75, 3.05) is 13.7 Å². The van der Waals surface area contributed by atoms with Crippen molar-refractivity contribution in [2.24, 2.45) is 16.8 Å². The van der Waals surface area contributed by atoms with Crippen molar-refractivity contribution in [2.45, 2.75) is 101 Å². The summed E-state index contributed by atoms with van der Waals surface area (Å²) in [5, 5.41) is 6.04. The number of alkyl halides is 3. The molecule has 10 heteroatoms. The summed E-state index contributed by atoms with van der Waals surface area (Å²) in [5.41, 5.74) is 6.45. The lowest BCUT2D eigenvalue weighted by Crippen LogP contribution is -2.50. The lowest BCUT2D eigenvalue weighted by Gasteiger charge is -2.28. The Morgan fingerprint density at radius 2 is 1.81 bits per heavy atom. The van der Waals surface area contributed by atoms with Crippen LogP contribution in [0.5, 0.6) is 0 Å². The van der Waals surface area contributed by atoms with Crippen molar-refractivity contribution in [1.29, 1.82) is 0 Å². The van der Waals surface area contributed by atoms with Gasteiger partial charge in [0.2, 0.25) is 5.91 Å². The number of rotatable bonds is 7. The Balaban J connectivity index is 1.62. The van der Waals surface area contributed by atoms with Gasteiger partial charge in [-0.25, -0.2) is 23.6 Å². The maximum absolute atomic E-state index is 13.8. The van der Waals surface area contributed by atoms with E-state index in [9.17, 15) is 18.0 Å². The van der Waals surface area contributed by atoms with Crippen LogP contribution in [0, 0.1) is 11.8 Å². The van der Waals surface area contributed by atoms with E-state index < -0.39 is 24.4 Å². The molecule has 0 aromatic rings. The Kier molecular flexibility index (Phi) is 9.61. The molecule has 32 heavy (non-hydrogen) atoms. The van der Waals surface area contributed by atoms with Crippen LogP contribution in [0.4, 0.5) is 13.2 Å². The third-order valence-corrected chi connectivity index (χ3v) is 6.97. The fraction of sp³-hybridized carbons (Fsp3) is 0.909. The second kappa shape index (κ2) is 12.2. The van der Waals surface area contributed by atoms with Crippen molar-refractivity contribution in [3.63, 3.8) is 0 Å². The highest BCUT2D eigenvalue weighted by Gasteiger charge is 2.36. The summed E-state index contributed by atoms with van der Waals surface area (Å²) in [6, 6.07) is 0.140. The van der Waals surface area contributed by atoms with Crippen LogP contribution < -0.4 is 21.5 Å². The SMILES string of the molecule is CCC(COC)N/C(=N/C1CC(C2CCC(F)CC2)NN1)NC(=O)C1CCC(F)C(F)C1. The Bertz CT molecular complexity index is 633. The Morgan fingerprint density at radius 1 is 1.06 bits per heavy atom. The summed E-state index contributed by atoms with van der Waals surface area (Å²) < 4.78 is 46.0. The van der Waals surface area contributed by atoms with E-state index in [1.165, 1.54) is 0 Å². The van der Waals surface area contributed by atoms with Crippen LogP contribution in [0.25, 0.3) is 0 Å². The summed E-state index contributed by atoms with van der Waals surface area (Å²) in [6.07, 6.45) is 0.602. The fourth-order valence-corrected chi connectivity index (χ4v) is 4.89. The number of hydrogen-bond donors (Lipinski definition) is 4. The van der Waals surface area contributed by atoms with Crippen LogP contribution in [-0.2, 0) is 9.53 Å². The first kappa shape index (κ1) is 25.2. The van der Waals surface area contributed by atoms with Gasteiger partial charge in [-0.05, 0) is 57.3 Å². The van der Waals surface area contributed by atoms with Gasteiger partial charge in [0.15, 0.2) is 5.96 Å². The highest BCUT2D eigenvalue weighted by Crippen LogP contribution is 2.31. The number of methoxy groups -OCH3 is 1. The normalized spacial score (nSPS) is 37.2. The minimum Gasteiger partial charge on any atom is -0.383 e. The Labute approximate surface area is 188 Å². The van der Waals surface area contributed by atoms with Gasteiger partial charge in [0, 0.05) is 25.5 Å². The molecule has 3 fully saturated rings. The quantitative estimate of drug-likeness (QED) is 0.346. The molecule has 1 aliphatic heterocycles. The second-order valence-corrected chi connectivity index (χ2v) is 9.37. The van der Waals surface area contributed by atoms with Gasteiger partial charge in [-0.2, -0.15) is 0 Å². The Morgan fingerprint density at radius 3 is 2.47 bits per heavy atom. The predicted molar refractivity (Wildman–Crippen MR) is 117 cm³/mol. The lowest BCUT2D eigenvalue weighted by atomic mass is 9.82. The number of halogens is 3. The summed E-state index contributed by atoms with van der Waals surface area (Å²) in [4.78, 5) is 17.5. The molecule has 6 atom stereocenters. The molecule has 0 aromatic heterocycles. The number of carbonyl (C=O) groups is 1. The number of nitrogens with one attached hydrogen (secondary N) is 4. The number of nitrogens with zero attached hydrogens (tertiary/aromatic N) is 1. The van der Waals surface area contributed by atoms with Crippen molar-refractivity contribution >= 4 is 11.9 Å². The first-order valence-corrected chi connectivity index (χ1v) is 12.0. The predicted octanol–water partition coefficient (Wildman–Crippen LogP) is 2.67. The number of amides is 1.